The van der Waals surface area contributed by atoms with Crippen molar-refractivity contribution < 1.29 is 4.74 Å². The van der Waals surface area contributed by atoms with Gasteiger partial charge in [0.05, 0.1) is 6.61 Å². The Morgan fingerprint density at radius 1 is 1.14 bits per heavy atom. The Labute approximate surface area is 176 Å². The van der Waals surface area contributed by atoms with Crippen LogP contribution in [0.4, 0.5) is 0 Å². The van der Waals surface area contributed by atoms with Gasteiger partial charge in [-0.1, -0.05) is 80.1 Å². The normalized spacial score (nSPS) is 16.6. The molecular weight excluding hydrogens is 352 g/mol. The fourth-order valence-electron chi connectivity index (χ4n) is 3.95. The molecule has 29 heavy (non-hydrogen) atoms. The van der Waals surface area contributed by atoms with Gasteiger partial charge in [0.25, 0.3) is 0 Å². The van der Waals surface area contributed by atoms with E-state index in [4.69, 9.17) is 4.74 Å². The van der Waals surface area contributed by atoms with Crippen molar-refractivity contribution in [3.63, 3.8) is 0 Å². The van der Waals surface area contributed by atoms with Crippen molar-refractivity contribution in [3.05, 3.63) is 93.6 Å². The van der Waals surface area contributed by atoms with Gasteiger partial charge in [0, 0.05) is 12.5 Å². The summed E-state index contributed by atoms with van der Waals surface area (Å²) in [5, 5.41) is 0. The summed E-state index contributed by atoms with van der Waals surface area (Å²) >= 11 is 0. The van der Waals surface area contributed by atoms with E-state index in [0.717, 1.165) is 19.4 Å². The lowest BCUT2D eigenvalue weighted by Gasteiger charge is -2.19. The number of fused-ring (bicyclic) bond motifs is 1. The standard InChI is InChI=1S/C28H34O/c1-6-7-14-29-19-27-17-26-18-28(21(3)12-13-25(26)15-22(27)4)23(5)16-24-11-9-8-10-20(24)2/h8-13,15-17,28H,3,6-7,14,18-19H2,1-2,4-5H3/b23-16+. The van der Waals surface area contributed by atoms with Crippen molar-refractivity contribution in [2.24, 2.45) is 5.92 Å². The summed E-state index contributed by atoms with van der Waals surface area (Å²) in [6, 6.07) is 13.2. The van der Waals surface area contributed by atoms with Crippen LogP contribution in [0.3, 0.4) is 0 Å². The smallest absolute Gasteiger partial charge is 0.0719 e. The number of aryl methyl sites for hydroxylation is 2. The largest absolute Gasteiger partial charge is 0.377 e. The van der Waals surface area contributed by atoms with Crippen molar-refractivity contribution in [3.8, 4) is 0 Å². The van der Waals surface area contributed by atoms with Gasteiger partial charge in [-0.25, -0.2) is 0 Å². The molecular formula is C28H34O. The zero-order valence-electron chi connectivity index (χ0n) is 18.4. The molecule has 0 saturated heterocycles. The van der Waals surface area contributed by atoms with Gasteiger partial charge in [-0.05, 0) is 72.6 Å². The van der Waals surface area contributed by atoms with E-state index in [1.54, 1.807) is 0 Å². The van der Waals surface area contributed by atoms with E-state index in [2.05, 4.69) is 88.9 Å². The topological polar surface area (TPSA) is 9.23 Å². The van der Waals surface area contributed by atoms with Crippen LogP contribution >= 0.6 is 0 Å². The monoisotopic (exact) mass is 386 g/mol. The number of benzene rings is 2. The fourth-order valence-corrected chi connectivity index (χ4v) is 3.95. The van der Waals surface area contributed by atoms with E-state index >= 15 is 0 Å². The van der Waals surface area contributed by atoms with Gasteiger partial charge in [-0.15, -0.1) is 0 Å². The molecule has 152 valence electrons. The number of hydrogen-bond acceptors (Lipinski definition) is 1. The summed E-state index contributed by atoms with van der Waals surface area (Å²) in [4.78, 5) is 0. The second kappa shape index (κ2) is 9.89. The van der Waals surface area contributed by atoms with Crippen molar-refractivity contribution in [2.75, 3.05) is 6.61 Å². The quantitative estimate of drug-likeness (QED) is 0.449. The van der Waals surface area contributed by atoms with Gasteiger partial charge in [0.2, 0.25) is 0 Å². The number of ether oxygens (including phenoxy) is 1. The molecule has 1 unspecified atom stereocenters. The molecule has 0 aromatic heterocycles. The highest BCUT2D eigenvalue weighted by Gasteiger charge is 2.19. The first kappa shape index (κ1) is 21.3. The Morgan fingerprint density at radius 3 is 2.69 bits per heavy atom. The summed E-state index contributed by atoms with van der Waals surface area (Å²) in [6.45, 7) is 14.7. The molecule has 2 aromatic carbocycles. The predicted molar refractivity (Wildman–Crippen MR) is 126 cm³/mol. The lowest BCUT2D eigenvalue weighted by molar-refractivity contribution is 0.117. The van der Waals surface area contributed by atoms with Crippen LogP contribution in [0, 0.1) is 19.8 Å². The number of hydrogen-bond donors (Lipinski definition) is 0. The lowest BCUT2D eigenvalue weighted by Crippen LogP contribution is -2.08. The Morgan fingerprint density at radius 2 is 1.93 bits per heavy atom. The summed E-state index contributed by atoms with van der Waals surface area (Å²) in [6.07, 6.45) is 10.0. The Kier molecular flexibility index (Phi) is 7.28. The highest BCUT2D eigenvalue weighted by molar-refractivity contribution is 5.64. The molecule has 0 aliphatic heterocycles. The molecule has 0 fully saturated rings. The van der Waals surface area contributed by atoms with Crippen LogP contribution in [0.1, 0.15) is 60.1 Å². The molecule has 3 rings (SSSR count). The van der Waals surface area contributed by atoms with Gasteiger partial charge in [-0.2, -0.15) is 0 Å². The zero-order valence-corrected chi connectivity index (χ0v) is 18.4. The maximum Gasteiger partial charge on any atom is 0.0719 e. The van der Waals surface area contributed by atoms with Crippen molar-refractivity contribution in [1.29, 1.82) is 0 Å². The number of allylic oxidation sites excluding steroid dienone is 3. The molecule has 0 radical (unpaired) electrons. The van der Waals surface area contributed by atoms with Crippen LogP contribution < -0.4 is 0 Å². The van der Waals surface area contributed by atoms with Crippen LogP contribution in [0.5, 0.6) is 0 Å². The van der Waals surface area contributed by atoms with Gasteiger partial charge in [0.15, 0.2) is 0 Å². The van der Waals surface area contributed by atoms with Crippen molar-refractivity contribution in [2.45, 2.75) is 53.6 Å². The van der Waals surface area contributed by atoms with Crippen LogP contribution in [0.2, 0.25) is 0 Å². The minimum atomic E-state index is 0.323. The minimum Gasteiger partial charge on any atom is -0.377 e. The Bertz CT molecular complexity index is 929. The molecule has 2 aromatic rings. The predicted octanol–water partition coefficient (Wildman–Crippen LogP) is 7.47. The van der Waals surface area contributed by atoms with E-state index in [1.807, 2.05) is 0 Å². The molecule has 1 atom stereocenters. The molecule has 1 nitrogen and oxygen atoms in total. The van der Waals surface area contributed by atoms with Gasteiger partial charge < -0.3 is 4.74 Å². The van der Waals surface area contributed by atoms with Crippen molar-refractivity contribution >= 4 is 12.2 Å². The number of rotatable bonds is 7. The van der Waals surface area contributed by atoms with Crippen LogP contribution in [0.15, 0.2) is 60.2 Å². The molecule has 0 amide bonds. The Balaban J connectivity index is 1.86. The van der Waals surface area contributed by atoms with Gasteiger partial charge in [0.1, 0.15) is 0 Å². The van der Waals surface area contributed by atoms with Crippen LogP contribution in [-0.4, -0.2) is 6.61 Å². The molecule has 0 spiro atoms. The molecule has 0 saturated carbocycles. The van der Waals surface area contributed by atoms with E-state index < -0.39 is 0 Å². The summed E-state index contributed by atoms with van der Waals surface area (Å²) in [5.74, 6) is 0.323. The van der Waals surface area contributed by atoms with E-state index in [0.29, 0.717) is 12.5 Å². The van der Waals surface area contributed by atoms with E-state index in [-0.39, 0.29) is 0 Å². The third-order valence-electron chi connectivity index (χ3n) is 5.97. The highest BCUT2D eigenvalue weighted by atomic mass is 16.5. The Hall–Kier alpha value is -2.38. The molecule has 1 aliphatic carbocycles. The van der Waals surface area contributed by atoms with E-state index in [9.17, 15) is 0 Å². The maximum absolute atomic E-state index is 5.90. The molecule has 1 heteroatoms. The molecule has 1 aliphatic rings. The second-order valence-corrected chi connectivity index (χ2v) is 8.29. The molecule has 0 bridgehead atoms. The summed E-state index contributed by atoms with van der Waals surface area (Å²) in [7, 11) is 0. The maximum atomic E-state index is 5.90. The number of unbranched alkanes of at least 4 members (excludes halogenated alkanes) is 1. The fraction of sp³-hybridized carbons (Fsp3) is 0.357. The average molecular weight is 387 g/mol. The lowest BCUT2D eigenvalue weighted by atomic mass is 9.85. The van der Waals surface area contributed by atoms with Crippen LogP contribution in [-0.2, 0) is 17.8 Å². The first-order valence-electron chi connectivity index (χ1n) is 10.8. The SMILES string of the molecule is C=C1C=Cc2cc(C)c(COCCCC)cc2CC1/C(C)=C/c1ccccc1C. The first-order chi connectivity index (χ1) is 14.0. The molecule has 0 N–H and O–H groups in total. The first-order valence-corrected chi connectivity index (χ1v) is 10.8. The van der Waals surface area contributed by atoms with Gasteiger partial charge in [-0.3, -0.25) is 0 Å². The molecule has 0 heterocycles. The summed E-state index contributed by atoms with van der Waals surface area (Å²) < 4.78 is 5.90. The average Bonchev–Trinajstić information content (AvgIpc) is 2.86. The zero-order chi connectivity index (χ0) is 20.8. The highest BCUT2D eigenvalue weighted by Crippen LogP contribution is 2.33. The third kappa shape index (κ3) is 5.36. The third-order valence-corrected chi connectivity index (χ3v) is 5.97. The summed E-state index contributed by atoms with van der Waals surface area (Å²) in [5.41, 5.74) is 10.5. The van der Waals surface area contributed by atoms with Crippen molar-refractivity contribution in [1.82, 2.24) is 0 Å². The second-order valence-electron chi connectivity index (χ2n) is 8.29. The van der Waals surface area contributed by atoms with Gasteiger partial charge >= 0.3 is 0 Å². The van der Waals surface area contributed by atoms with E-state index in [1.165, 1.54) is 50.9 Å². The minimum absolute atomic E-state index is 0.323. The van der Waals surface area contributed by atoms with Crippen LogP contribution in [0.25, 0.3) is 12.2 Å².